The summed E-state index contributed by atoms with van der Waals surface area (Å²) in [5.74, 6) is 0.00131. The summed E-state index contributed by atoms with van der Waals surface area (Å²) in [4.78, 5) is 29.3. The molecule has 1 aromatic carbocycles. The lowest BCUT2D eigenvalue weighted by atomic mass is 10.3. The molecule has 0 aliphatic rings. The molecule has 0 saturated heterocycles. The number of carbonyl (C=O) groups is 2. The van der Waals surface area contributed by atoms with Crippen LogP contribution in [0.15, 0.2) is 40.7 Å². The van der Waals surface area contributed by atoms with Crippen LogP contribution in [0, 0.1) is 0 Å². The van der Waals surface area contributed by atoms with E-state index < -0.39 is 5.97 Å². The summed E-state index contributed by atoms with van der Waals surface area (Å²) in [6.07, 6.45) is 0. The highest BCUT2D eigenvalue weighted by Gasteiger charge is 2.13. The Kier molecular flexibility index (Phi) is 5.30. The van der Waals surface area contributed by atoms with Gasteiger partial charge in [-0.15, -0.1) is 11.3 Å². The number of rotatable bonds is 5. The molecular formula is C17H16N2O4S2. The monoisotopic (exact) mass is 376 g/mol. The Morgan fingerprint density at radius 3 is 2.80 bits per heavy atom. The van der Waals surface area contributed by atoms with Crippen molar-refractivity contribution < 1.29 is 19.1 Å². The second-order valence-corrected chi connectivity index (χ2v) is 6.96. The third-order valence-electron chi connectivity index (χ3n) is 3.41. The Balaban J connectivity index is 2.12. The van der Waals surface area contributed by atoms with Crippen molar-refractivity contribution in [1.82, 2.24) is 4.57 Å². The summed E-state index contributed by atoms with van der Waals surface area (Å²) in [6, 6.07) is 9.09. The van der Waals surface area contributed by atoms with Gasteiger partial charge in [0, 0.05) is 0 Å². The van der Waals surface area contributed by atoms with E-state index >= 15 is 0 Å². The quantitative estimate of drug-likeness (QED) is 0.642. The van der Waals surface area contributed by atoms with E-state index in [4.69, 9.17) is 9.47 Å². The van der Waals surface area contributed by atoms with Gasteiger partial charge in [-0.25, -0.2) is 0 Å². The van der Waals surface area contributed by atoms with E-state index in [1.54, 1.807) is 16.7 Å². The number of hydrogen-bond donors (Lipinski definition) is 0. The van der Waals surface area contributed by atoms with Gasteiger partial charge in [0.1, 0.15) is 12.3 Å². The predicted octanol–water partition coefficient (Wildman–Crippen LogP) is 3.08. The zero-order valence-electron chi connectivity index (χ0n) is 13.7. The smallest absolute Gasteiger partial charge is 0.325 e. The minimum Gasteiger partial charge on any atom is -0.494 e. The molecule has 0 saturated carbocycles. The summed E-state index contributed by atoms with van der Waals surface area (Å²) >= 11 is 2.67. The Hall–Kier alpha value is -2.45. The van der Waals surface area contributed by atoms with Crippen LogP contribution >= 0.6 is 22.7 Å². The van der Waals surface area contributed by atoms with Gasteiger partial charge in [-0.1, -0.05) is 17.4 Å². The van der Waals surface area contributed by atoms with Gasteiger partial charge in [-0.2, -0.15) is 4.99 Å². The first-order valence-corrected chi connectivity index (χ1v) is 9.27. The number of nitrogens with zero attached hydrogens (tertiary/aromatic N) is 2. The van der Waals surface area contributed by atoms with Crippen molar-refractivity contribution >= 4 is 44.8 Å². The number of carbonyl (C=O) groups excluding carboxylic acids is 2. The third-order valence-corrected chi connectivity index (χ3v) is 5.31. The Morgan fingerprint density at radius 1 is 1.28 bits per heavy atom. The van der Waals surface area contributed by atoms with Crippen LogP contribution < -0.4 is 9.54 Å². The van der Waals surface area contributed by atoms with Gasteiger partial charge in [-0.05, 0) is 36.6 Å². The van der Waals surface area contributed by atoms with Crippen molar-refractivity contribution in [3.63, 3.8) is 0 Å². The molecule has 0 aliphatic carbocycles. The number of thiazole rings is 1. The highest BCUT2D eigenvalue weighted by Crippen LogP contribution is 2.23. The fourth-order valence-corrected chi connectivity index (χ4v) is 3.95. The van der Waals surface area contributed by atoms with Gasteiger partial charge in [0.05, 0.1) is 28.8 Å². The highest BCUT2D eigenvalue weighted by molar-refractivity contribution is 7.16. The second kappa shape index (κ2) is 7.62. The van der Waals surface area contributed by atoms with E-state index in [0.29, 0.717) is 16.3 Å². The molecule has 8 heteroatoms. The largest absolute Gasteiger partial charge is 0.494 e. The number of benzene rings is 1. The molecule has 2 aromatic heterocycles. The number of methoxy groups -OCH3 is 1. The van der Waals surface area contributed by atoms with Crippen molar-refractivity contribution in [2.75, 3.05) is 13.7 Å². The van der Waals surface area contributed by atoms with Crippen LogP contribution in [0.2, 0.25) is 0 Å². The van der Waals surface area contributed by atoms with E-state index in [1.165, 1.54) is 29.8 Å². The molecule has 2 heterocycles. The fraction of sp³-hybridized carbons (Fsp3) is 0.235. The number of hydrogen-bond acceptors (Lipinski definition) is 6. The summed E-state index contributed by atoms with van der Waals surface area (Å²) in [5.41, 5.74) is 0.802. The molecule has 0 radical (unpaired) electrons. The average Bonchev–Trinajstić information content (AvgIpc) is 3.24. The van der Waals surface area contributed by atoms with Crippen LogP contribution in [0.25, 0.3) is 10.2 Å². The molecule has 25 heavy (non-hydrogen) atoms. The van der Waals surface area contributed by atoms with Crippen molar-refractivity contribution in [3.05, 3.63) is 45.4 Å². The van der Waals surface area contributed by atoms with Gasteiger partial charge in [0.25, 0.3) is 5.91 Å². The molecule has 130 valence electrons. The Labute approximate surface area is 152 Å². The first-order valence-electron chi connectivity index (χ1n) is 7.58. The van der Waals surface area contributed by atoms with Crippen LogP contribution in [-0.4, -0.2) is 30.2 Å². The van der Waals surface area contributed by atoms with E-state index in [9.17, 15) is 9.59 Å². The molecule has 0 aliphatic heterocycles. The molecule has 0 unspecified atom stereocenters. The lowest BCUT2D eigenvalue weighted by Gasteiger charge is -2.05. The van der Waals surface area contributed by atoms with Crippen LogP contribution in [0.3, 0.4) is 0 Å². The third kappa shape index (κ3) is 3.80. The molecule has 3 rings (SSSR count). The van der Waals surface area contributed by atoms with Gasteiger partial charge in [0.15, 0.2) is 4.80 Å². The molecular weight excluding hydrogens is 360 g/mol. The second-order valence-electron chi connectivity index (χ2n) is 5.00. The number of aromatic nitrogens is 1. The minimum atomic E-state index is -0.404. The SMILES string of the molecule is CCOc1ccc2c(c1)sc(=NC(=O)c1cccs1)n2CC(=O)OC. The summed E-state index contributed by atoms with van der Waals surface area (Å²) < 4.78 is 12.8. The number of thiophene rings is 1. The van der Waals surface area contributed by atoms with Crippen molar-refractivity contribution in [1.29, 1.82) is 0 Å². The molecule has 3 aromatic rings. The number of ether oxygens (including phenoxy) is 2. The molecule has 0 atom stereocenters. The van der Waals surface area contributed by atoms with Crippen molar-refractivity contribution in [2.24, 2.45) is 4.99 Å². The van der Waals surface area contributed by atoms with Crippen LogP contribution in [0.4, 0.5) is 0 Å². The summed E-state index contributed by atoms with van der Waals surface area (Å²) in [6.45, 7) is 2.46. The Bertz CT molecular complexity index is 970. The first-order chi connectivity index (χ1) is 12.1. The van der Waals surface area contributed by atoms with Crippen LogP contribution in [-0.2, 0) is 16.1 Å². The van der Waals surface area contributed by atoms with E-state index in [2.05, 4.69) is 4.99 Å². The number of amides is 1. The maximum Gasteiger partial charge on any atom is 0.325 e. The van der Waals surface area contributed by atoms with Gasteiger partial charge in [-0.3, -0.25) is 9.59 Å². The zero-order valence-corrected chi connectivity index (χ0v) is 15.4. The van der Waals surface area contributed by atoms with Gasteiger partial charge < -0.3 is 14.0 Å². The fourth-order valence-electron chi connectivity index (χ4n) is 2.28. The summed E-state index contributed by atoms with van der Waals surface area (Å²) in [5, 5.41) is 1.82. The molecule has 6 nitrogen and oxygen atoms in total. The van der Waals surface area contributed by atoms with E-state index in [1.807, 2.05) is 30.5 Å². The number of esters is 1. The van der Waals surface area contributed by atoms with Crippen LogP contribution in [0.1, 0.15) is 16.6 Å². The molecule has 0 spiro atoms. The lowest BCUT2D eigenvalue weighted by Crippen LogP contribution is -2.22. The van der Waals surface area contributed by atoms with Crippen molar-refractivity contribution in [2.45, 2.75) is 13.5 Å². The molecule has 0 bridgehead atoms. The highest BCUT2D eigenvalue weighted by atomic mass is 32.1. The minimum absolute atomic E-state index is 0.0129. The number of fused-ring (bicyclic) bond motifs is 1. The molecule has 1 amide bonds. The predicted molar refractivity (Wildman–Crippen MR) is 97.2 cm³/mol. The van der Waals surface area contributed by atoms with Gasteiger partial charge in [0.2, 0.25) is 0 Å². The zero-order chi connectivity index (χ0) is 17.8. The first kappa shape index (κ1) is 17.4. The van der Waals surface area contributed by atoms with Crippen LogP contribution in [0.5, 0.6) is 5.75 Å². The maximum atomic E-state index is 12.3. The summed E-state index contributed by atoms with van der Waals surface area (Å²) in [7, 11) is 1.33. The average molecular weight is 376 g/mol. The molecule has 0 fully saturated rings. The Morgan fingerprint density at radius 2 is 2.12 bits per heavy atom. The lowest BCUT2D eigenvalue weighted by molar-refractivity contribution is -0.141. The normalized spacial score (nSPS) is 11.7. The van der Waals surface area contributed by atoms with Gasteiger partial charge >= 0.3 is 5.97 Å². The molecule has 0 N–H and O–H groups in total. The standard InChI is InChI=1S/C17H16N2O4S2/c1-3-23-11-6-7-12-14(9-11)25-17(19(12)10-15(20)22-2)18-16(21)13-5-4-8-24-13/h4-9H,3,10H2,1-2H3. The maximum absolute atomic E-state index is 12.3. The van der Waals surface area contributed by atoms with E-state index in [0.717, 1.165) is 16.0 Å². The van der Waals surface area contributed by atoms with E-state index in [-0.39, 0.29) is 12.5 Å². The topological polar surface area (TPSA) is 69.9 Å². The van der Waals surface area contributed by atoms with Crippen molar-refractivity contribution in [3.8, 4) is 5.75 Å².